The highest BCUT2D eigenvalue weighted by atomic mass is 32.1. The van der Waals surface area contributed by atoms with Crippen LogP contribution in [-0.4, -0.2) is 77.7 Å². The van der Waals surface area contributed by atoms with Crippen LogP contribution in [0.4, 0.5) is 0 Å². The van der Waals surface area contributed by atoms with E-state index < -0.39 is 6.04 Å². The molecule has 0 bridgehead atoms. The number of carbonyl (C=O) groups excluding carboxylic acids is 3. The molecule has 1 saturated carbocycles. The second-order valence-corrected chi connectivity index (χ2v) is 12.8. The Bertz CT molecular complexity index is 1230. The van der Waals surface area contributed by atoms with E-state index in [-0.39, 0.29) is 36.1 Å². The molecule has 10 heteroatoms. The highest BCUT2D eigenvalue weighted by Gasteiger charge is 2.33. The number of nitrogens with one attached hydrogen (secondary N) is 2. The maximum absolute atomic E-state index is 14.0. The molecule has 2 aromatic rings. The van der Waals surface area contributed by atoms with Gasteiger partial charge in [-0.3, -0.25) is 19.4 Å². The number of thiazole rings is 1. The van der Waals surface area contributed by atoms with Crippen molar-refractivity contribution in [3.8, 4) is 0 Å². The number of carbonyl (C=O) groups is 3. The molecule has 2 unspecified atom stereocenters. The Hall–Kier alpha value is -2.82. The summed E-state index contributed by atoms with van der Waals surface area (Å²) in [6.45, 7) is 10.7. The lowest BCUT2D eigenvalue weighted by Crippen LogP contribution is -2.59. The maximum Gasteiger partial charge on any atom is 0.260 e. The molecule has 1 aromatic heterocycles. The van der Waals surface area contributed by atoms with Crippen molar-refractivity contribution in [1.29, 1.82) is 0 Å². The summed E-state index contributed by atoms with van der Waals surface area (Å²) in [6.07, 6.45) is 9.34. The molecule has 2 fully saturated rings. The smallest absolute Gasteiger partial charge is 0.260 e. The molecule has 1 saturated heterocycles. The van der Waals surface area contributed by atoms with E-state index in [1.807, 2.05) is 18.0 Å². The molecule has 230 valence electrons. The predicted octanol–water partition coefficient (Wildman–Crippen LogP) is 4.57. The van der Waals surface area contributed by atoms with Crippen molar-refractivity contribution in [3.63, 3.8) is 0 Å². The van der Waals surface area contributed by atoms with Gasteiger partial charge in [-0.15, -0.1) is 11.3 Å². The molecule has 3 amide bonds. The molecule has 4 rings (SSSR count). The van der Waals surface area contributed by atoms with Crippen LogP contribution in [0.3, 0.4) is 0 Å². The van der Waals surface area contributed by atoms with Gasteiger partial charge in [-0.2, -0.15) is 0 Å². The van der Waals surface area contributed by atoms with Gasteiger partial charge in [-0.25, -0.2) is 9.99 Å². The zero-order valence-corrected chi connectivity index (χ0v) is 26.4. The zero-order valence-electron chi connectivity index (χ0n) is 25.6. The van der Waals surface area contributed by atoms with E-state index in [1.54, 1.807) is 35.4 Å². The van der Waals surface area contributed by atoms with Crippen molar-refractivity contribution < 1.29 is 19.1 Å². The fourth-order valence-corrected chi connectivity index (χ4v) is 6.86. The Morgan fingerprint density at radius 2 is 1.88 bits per heavy atom. The first-order valence-electron chi connectivity index (χ1n) is 15.5. The van der Waals surface area contributed by atoms with E-state index in [0.717, 1.165) is 40.9 Å². The molecule has 9 nitrogen and oxygen atoms in total. The number of fused-ring (bicyclic) bond motifs is 1. The van der Waals surface area contributed by atoms with Gasteiger partial charge >= 0.3 is 0 Å². The summed E-state index contributed by atoms with van der Waals surface area (Å²) in [6, 6.07) is 5.31. The number of amides is 3. The Balaban J connectivity index is 1.57. The van der Waals surface area contributed by atoms with Crippen molar-refractivity contribution in [2.75, 3.05) is 32.8 Å². The molecule has 0 spiro atoms. The van der Waals surface area contributed by atoms with Gasteiger partial charge < -0.3 is 15.4 Å². The lowest BCUT2D eigenvalue weighted by molar-refractivity contribution is -0.154. The Morgan fingerprint density at radius 1 is 1.14 bits per heavy atom. The average molecular weight is 598 g/mol. The minimum atomic E-state index is -0.753. The average Bonchev–Trinajstić information content (AvgIpc) is 3.41. The fourth-order valence-electron chi connectivity index (χ4n) is 5.80. The van der Waals surface area contributed by atoms with E-state index in [9.17, 15) is 14.4 Å². The zero-order chi connectivity index (χ0) is 30.1. The summed E-state index contributed by atoms with van der Waals surface area (Å²) in [4.78, 5) is 44.6. The van der Waals surface area contributed by atoms with Crippen molar-refractivity contribution in [2.24, 2.45) is 5.92 Å². The Labute approximate surface area is 254 Å². The number of allylic oxidation sites excluding steroid dienone is 1. The number of aromatic nitrogens is 1. The molecular formula is C32H47N5O4S. The molecule has 2 aliphatic rings. The lowest BCUT2D eigenvalue weighted by atomic mass is 9.83. The quantitative estimate of drug-likeness (QED) is 0.348. The third kappa shape index (κ3) is 8.61. The largest absolute Gasteiger partial charge is 0.379 e. The van der Waals surface area contributed by atoms with Crippen LogP contribution < -0.4 is 10.6 Å². The van der Waals surface area contributed by atoms with Gasteiger partial charge in [0.25, 0.3) is 5.91 Å². The van der Waals surface area contributed by atoms with E-state index in [1.165, 1.54) is 12.0 Å². The first kappa shape index (κ1) is 32.1. The van der Waals surface area contributed by atoms with E-state index in [0.29, 0.717) is 45.2 Å². The summed E-state index contributed by atoms with van der Waals surface area (Å²) in [5, 5.41) is 10.9. The van der Waals surface area contributed by atoms with E-state index in [2.05, 4.69) is 36.6 Å². The van der Waals surface area contributed by atoms with Crippen LogP contribution in [0.1, 0.15) is 82.7 Å². The van der Waals surface area contributed by atoms with Gasteiger partial charge in [0.2, 0.25) is 11.8 Å². The topological polar surface area (TPSA) is 104 Å². The Morgan fingerprint density at radius 3 is 2.55 bits per heavy atom. The Kier molecular flexibility index (Phi) is 11.9. The van der Waals surface area contributed by atoms with Gasteiger partial charge in [0.05, 0.1) is 41.0 Å². The normalized spacial score (nSPS) is 18.3. The van der Waals surface area contributed by atoms with Gasteiger partial charge in [0, 0.05) is 32.0 Å². The number of hydrogen-bond donors (Lipinski definition) is 2. The summed E-state index contributed by atoms with van der Waals surface area (Å²) < 4.78 is 6.62. The minimum absolute atomic E-state index is 0.0967. The van der Waals surface area contributed by atoms with Crippen molar-refractivity contribution in [2.45, 2.75) is 90.6 Å². The number of nitrogens with zero attached hydrogens (tertiary/aromatic N) is 3. The summed E-state index contributed by atoms with van der Waals surface area (Å²) in [5.41, 5.74) is 2.16. The number of rotatable bonds is 12. The molecule has 0 radical (unpaired) electrons. The fraction of sp³-hybridized carbons (Fsp3) is 0.625. The number of ether oxygens (including phenoxy) is 1. The number of benzene rings is 1. The molecule has 2 atom stereocenters. The second kappa shape index (κ2) is 15.6. The number of morpholine rings is 1. The van der Waals surface area contributed by atoms with Crippen LogP contribution in [0.15, 0.2) is 30.4 Å². The van der Waals surface area contributed by atoms with Crippen molar-refractivity contribution in [3.05, 3.63) is 40.9 Å². The maximum atomic E-state index is 14.0. The van der Waals surface area contributed by atoms with Crippen LogP contribution in [-0.2, 0) is 25.5 Å². The van der Waals surface area contributed by atoms with Gasteiger partial charge in [0.15, 0.2) is 0 Å². The number of hydrazine groups is 1. The highest BCUT2D eigenvalue weighted by molar-refractivity contribution is 7.18. The van der Waals surface area contributed by atoms with Gasteiger partial charge in [0.1, 0.15) is 6.04 Å². The summed E-state index contributed by atoms with van der Waals surface area (Å²) in [7, 11) is 0. The first-order valence-corrected chi connectivity index (χ1v) is 16.4. The molecule has 42 heavy (non-hydrogen) atoms. The summed E-state index contributed by atoms with van der Waals surface area (Å²) in [5.74, 6) is 0.168. The number of hydrogen-bond acceptors (Lipinski definition) is 7. The predicted molar refractivity (Wildman–Crippen MR) is 167 cm³/mol. The van der Waals surface area contributed by atoms with E-state index in [4.69, 9.17) is 9.72 Å². The SMILES string of the molecule is C/C=C/C(=O)N(CC(NC(=O)C(Cc1nc2ccc(C(C)C)cc2s1)NC(=O)CC)C1CCCCC1)N1CCOCC1. The van der Waals surface area contributed by atoms with Crippen molar-refractivity contribution >= 4 is 39.3 Å². The first-order chi connectivity index (χ1) is 20.3. The molecule has 1 aliphatic carbocycles. The summed E-state index contributed by atoms with van der Waals surface area (Å²) >= 11 is 1.57. The highest BCUT2D eigenvalue weighted by Crippen LogP contribution is 2.29. The van der Waals surface area contributed by atoms with Gasteiger partial charge in [-0.05, 0) is 49.3 Å². The molecule has 2 N–H and O–H groups in total. The van der Waals surface area contributed by atoms with Gasteiger partial charge in [-0.1, -0.05) is 52.2 Å². The monoisotopic (exact) mass is 597 g/mol. The second-order valence-electron chi connectivity index (χ2n) is 11.7. The molecule has 2 heterocycles. The van der Waals surface area contributed by atoms with Crippen molar-refractivity contribution in [1.82, 2.24) is 25.6 Å². The van der Waals surface area contributed by atoms with Crippen LogP contribution in [0, 0.1) is 5.92 Å². The minimum Gasteiger partial charge on any atom is -0.379 e. The molecular weight excluding hydrogens is 550 g/mol. The molecule has 1 aromatic carbocycles. The van der Waals surface area contributed by atoms with Crippen LogP contribution in [0.2, 0.25) is 0 Å². The third-order valence-electron chi connectivity index (χ3n) is 8.28. The standard InChI is InChI=1S/C32H47N5O4S/c1-5-10-31(39)37(36-15-17-41-18-16-36)21-27(23-11-8-7-9-12-23)35-32(40)26(33-29(38)6-2)20-30-34-25-14-13-24(22(3)4)19-28(25)42-30/h5,10,13-14,19,22-23,26-27H,6-9,11-12,15-18,20-21H2,1-4H3,(H,33,38)(H,35,40)/b10-5+. The third-order valence-corrected chi connectivity index (χ3v) is 9.32. The van der Waals surface area contributed by atoms with E-state index >= 15 is 0 Å². The van der Waals surface area contributed by atoms with Crippen LogP contribution in [0.25, 0.3) is 10.2 Å². The van der Waals surface area contributed by atoms with Crippen LogP contribution in [0.5, 0.6) is 0 Å². The molecule has 1 aliphatic heterocycles. The van der Waals surface area contributed by atoms with Crippen LogP contribution >= 0.6 is 11.3 Å². The lowest BCUT2D eigenvalue weighted by Gasteiger charge is -2.41.